The Labute approximate surface area is 61.8 Å². The van der Waals surface area contributed by atoms with Gasteiger partial charge in [0.15, 0.2) is 0 Å². The van der Waals surface area contributed by atoms with Crippen molar-refractivity contribution in [2.45, 2.75) is 6.92 Å². The Hall–Kier alpha value is -1.12. The van der Waals surface area contributed by atoms with Crippen LogP contribution < -0.4 is 0 Å². The van der Waals surface area contributed by atoms with E-state index in [1.54, 1.807) is 6.21 Å². The largest absolute Gasteiger partial charge is 0.363 e. The molecule has 0 bridgehead atoms. The van der Waals surface area contributed by atoms with Crippen LogP contribution in [0.2, 0.25) is 0 Å². The van der Waals surface area contributed by atoms with Crippen molar-refractivity contribution >= 4 is 12.6 Å². The van der Waals surface area contributed by atoms with Crippen molar-refractivity contribution < 1.29 is 0 Å². The Morgan fingerprint density at radius 2 is 2.10 bits per heavy atom. The van der Waals surface area contributed by atoms with Crippen molar-refractivity contribution in [2.75, 3.05) is 14.1 Å². The highest BCUT2D eigenvalue weighted by molar-refractivity contribution is 5.70. The van der Waals surface area contributed by atoms with Crippen LogP contribution in [0.4, 0.5) is 0 Å². The van der Waals surface area contributed by atoms with Crippen LogP contribution in [0.5, 0.6) is 0 Å². The number of nitrogens with zero attached hydrogens (tertiary/aromatic N) is 3. The van der Waals surface area contributed by atoms with E-state index in [0.29, 0.717) is 5.82 Å². The van der Waals surface area contributed by atoms with Crippen molar-refractivity contribution in [1.82, 2.24) is 4.90 Å². The molecule has 0 saturated heterocycles. The molecule has 0 aromatic carbocycles. The first kappa shape index (κ1) is 8.88. The number of hydrogen-bond acceptors (Lipinski definition) is 2. The predicted octanol–water partition coefficient (Wildman–Crippen LogP) is 1.14. The molecule has 0 radical (unpaired) electrons. The van der Waals surface area contributed by atoms with Crippen LogP contribution in [0.1, 0.15) is 6.92 Å². The molecule has 0 atom stereocenters. The summed E-state index contributed by atoms with van der Waals surface area (Å²) in [6, 6.07) is 0. The molecule has 0 unspecified atom stereocenters. The lowest BCUT2D eigenvalue weighted by Crippen LogP contribution is -2.07. The number of aliphatic imine (C=N–C) groups is 2. The van der Waals surface area contributed by atoms with Crippen molar-refractivity contribution in [3.05, 3.63) is 12.4 Å². The van der Waals surface area contributed by atoms with Crippen molar-refractivity contribution in [3.63, 3.8) is 0 Å². The van der Waals surface area contributed by atoms with Gasteiger partial charge < -0.3 is 4.90 Å². The molecule has 0 aliphatic carbocycles. The van der Waals surface area contributed by atoms with Crippen molar-refractivity contribution in [2.24, 2.45) is 9.98 Å². The second-order valence-corrected chi connectivity index (χ2v) is 1.96. The second-order valence-electron chi connectivity index (χ2n) is 1.96. The predicted molar refractivity (Wildman–Crippen MR) is 45.5 cm³/mol. The summed E-state index contributed by atoms with van der Waals surface area (Å²) in [6.07, 6.45) is 3.15. The summed E-state index contributed by atoms with van der Waals surface area (Å²) >= 11 is 0. The zero-order chi connectivity index (χ0) is 7.98. The molecular weight excluding hydrogens is 126 g/mol. The van der Waals surface area contributed by atoms with Crippen LogP contribution in [0, 0.1) is 0 Å². The fraction of sp³-hybridized carbons (Fsp3) is 0.429. The highest BCUT2D eigenvalue weighted by Gasteiger charge is 1.87. The summed E-state index contributed by atoms with van der Waals surface area (Å²) < 4.78 is 0. The maximum Gasteiger partial charge on any atom is 0.122 e. The fourth-order valence-electron chi connectivity index (χ4n) is 0.282. The lowest BCUT2D eigenvalue weighted by atomic mass is 10.7. The van der Waals surface area contributed by atoms with Gasteiger partial charge in [-0.1, -0.05) is 6.58 Å². The van der Waals surface area contributed by atoms with Crippen LogP contribution in [-0.4, -0.2) is 31.5 Å². The molecule has 0 aromatic heterocycles. The standard InChI is InChI=1S/C7H13N3/c1-5-8-6-9-7(2)10(3)4/h5-6H,2H2,1,3-4H3. The SMILES string of the molecule is C=C(N=CN=CC)N(C)C. The van der Waals surface area contributed by atoms with Gasteiger partial charge in [0.1, 0.15) is 12.2 Å². The molecule has 0 rings (SSSR count). The van der Waals surface area contributed by atoms with Gasteiger partial charge >= 0.3 is 0 Å². The first-order valence-electron chi connectivity index (χ1n) is 3.05. The average Bonchev–Trinajstić information content (AvgIpc) is 1.88. The number of rotatable bonds is 3. The van der Waals surface area contributed by atoms with E-state index in [9.17, 15) is 0 Å². The van der Waals surface area contributed by atoms with Gasteiger partial charge in [0.25, 0.3) is 0 Å². The van der Waals surface area contributed by atoms with Crippen LogP contribution in [0.3, 0.4) is 0 Å². The Kier molecular flexibility index (Phi) is 4.20. The van der Waals surface area contributed by atoms with E-state index in [-0.39, 0.29) is 0 Å². The van der Waals surface area contributed by atoms with Crippen LogP contribution in [0.15, 0.2) is 22.4 Å². The maximum atomic E-state index is 3.92. The van der Waals surface area contributed by atoms with E-state index >= 15 is 0 Å². The van der Waals surface area contributed by atoms with E-state index in [1.807, 2.05) is 25.9 Å². The lowest BCUT2D eigenvalue weighted by molar-refractivity contribution is 0.510. The van der Waals surface area contributed by atoms with Gasteiger partial charge in [0, 0.05) is 20.3 Å². The van der Waals surface area contributed by atoms with Crippen molar-refractivity contribution in [3.8, 4) is 0 Å². The smallest absolute Gasteiger partial charge is 0.122 e. The van der Waals surface area contributed by atoms with Gasteiger partial charge in [-0.2, -0.15) is 0 Å². The third-order valence-electron chi connectivity index (χ3n) is 0.939. The first-order chi connectivity index (χ1) is 4.68. The molecule has 0 amide bonds. The normalized spacial score (nSPS) is 11.1. The highest BCUT2D eigenvalue weighted by atomic mass is 15.2. The lowest BCUT2D eigenvalue weighted by Gasteiger charge is -2.08. The molecule has 3 nitrogen and oxygen atoms in total. The van der Waals surface area contributed by atoms with Gasteiger partial charge in [-0.15, -0.1) is 0 Å². The molecular formula is C7H13N3. The summed E-state index contributed by atoms with van der Waals surface area (Å²) in [6.45, 7) is 5.52. The van der Waals surface area contributed by atoms with Gasteiger partial charge in [-0.05, 0) is 6.92 Å². The highest BCUT2D eigenvalue weighted by Crippen LogP contribution is 1.92. The molecule has 0 heterocycles. The Morgan fingerprint density at radius 3 is 2.50 bits per heavy atom. The zero-order valence-electron chi connectivity index (χ0n) is 6.70. The minimum atomic E-state index is 0.700. The minimum absolute atomic E-state index is 0.700. The maximum absolute atomic E-state index is 3.92. The number of hydrogen-bond donors (Lipinski definition) is 0. The molecule has 0 aromatic rings. The molecule has 0 fully saturated rings. The summed E-state index contributed by atoms with van der Waals surface area (Å²) in [5.41, 5.74) is 0. The van der Waals surface area contributed by atoms with Crippen LogP contribution >= 0.6 is 0 Å². The van der Waals surface area contributed by atoms with Gasteiger partial charge in [0.05, 0.1) is 0 Å². The topological polar surface area (TPSA) is 28.0 Å². The fourth-order valence-corrected chi connectivity index (χ4v) is 0.282. The van der Waals surface area contributed by atoms with Gasteiger partial charge in [-0.3, -0.25) is 0 Å². The molecule has 0 spiro atoms. The molecule has 0 aliphatic rings. The van der Waals surface area contributed by atoms with E-state index in [1.165, 1.54) is 6.34 Å². The van der Waals surface area contributed by atoms with Crippen LogP contribution in [-0.2, 0) is 0 Å². The summed E-state index contributed by atoms with van der Waals surface area (Å²) in [5, 5.41) is 0. The Morgan fingerprint density at radius 1 is 1.50 bits per heavy atom. The molecule has 0 aliphatic heterocycles. The van der Waals surface area contributed by atoms with E-state index in [0.717, 1.165) is 0 Å². The Balaban J connectivity index is 3.78. The molecule has 3 heteroatoms. The first-order valence-corrected chi connectivity index (χ1v) is 3.05. The van der Waals surface area contributed by atoms with E-state index in [4.69, 9.17) is 0 Å². The van der Waals surface area contributed by atoms with Crippen LogP contribution in [0.25, 0.3) is 0 Å². The molecule has 0 saturated carbocycles. The van der Waals surface area contributed by atoms with E-state index < -0.39 is 0 Å². The third-order valence-corrected chi connectivity index (χ3v) is 0.939. The van der Waals surface area contributed by atoms with Crippen molar-refractivity contribution in [1.29, 1.82) is 0 Å². The zero-order valence-corrected chi connectivity index (χ0v) is 6.70. The van der Waals surface area contributed by atoms with Gasteiger partial charge in [0.2, 0.25) is 0 Å². The summed E-state index contributed by atoms with van der Waals surface area (Å²) in [7, 11) is 3.77. The molecule has 10 heavy (non-hydrogen) atoms. The third kappa shape index (κ3) is 3.83. The summed E-state index contributed by atoms with van der Waals surface area (Å²) in [5.74, 6) is 0.700. The average molecular weight is 139 g/mol. The Bertz CT molecular complexity index is 156. The quantitative estimate of drug-likeness (QED) is 0.425. The monoisotopic (exact) mass is 139 g/mol. The second kappa shape index (κ2) is 4.73. The van der Waals surface area contributed by atoms with Gasteiger partial charge in [-0.25, -0.2) is 9.98 Å². The molecule has 0 N–H and O–H groups in total. The van der Waals surface area contributed by atoms with E-state index in [2.05, 4.69) is 16.6 Å². The molecule has 56 valence electrons. The minimum Gasteiger partial charge on any atom is -0.363 e. The summed E-state index contributed by atoms with van der Waals surface area (Å²) in [4.78, 5) is 9.53.